The first kappa shape index (κ1) is 17.5. The first-order valence-electron chi connectivity index (χ1n) is 7.99. The van der Waals surface area contributed by atoms with Gasteiger partial charge in [-0.05, 0) is 30.5 Å². The first-order chi connectivity index (χ1) is 11.9. The summed E-state index contributed by atoms with van der Waals surface area (Å²) in [5.74, 6) is 0. The lowest BCUT2D eigenvalue weighted by Crippen LogP contribution is -2.23. The van der Waals surface area contributed by atoms with Gasteiger partial charge >= 0.3 is 0 Å². The maximum atomic E-state index is 12.5. The van der Waals surface area contributed by atoms with Gasteiger partial charge in [0.1, 0.15) is 4.90 Å². The van der Waals surface area contributed by atoms with Crippen LogP contribution in [0.3, 0.4) is 0 Å². The average molecular weight is 360 g/mol. The Labute approximate surface area is 146 Å². The highest BCUT2D eigenvalue weighted by Crippen LogP contribution is 2.20. The second-order valence-corrected chi connectivity index (χ2v) is 7.63. The van der Waals surface area contributed by atoms with Gasteiger partial charge in [-0.3, -0.25) is 0 Å². The molecule has 1 aromatic carbocycles. The molecule has 25 heavy (non-hydrogen) atoms. The number of pyridine rings is 1. The minimum Gasteiger partial charge on any atom is -0.336 e. The van der Waals surface area contributed by atoms with E-state index in [4.69, 9.17) is 10.3 Å². The third-order valence-electron chi connectivity index (χ3n) is 4.00. The molecule has 0 radical (unpaired) electrons. The van der Waals surface area contributed by atoms with E-state index in [9.17, 15) is 8.42 Å². The summed E-state index contributed by atoms with van der Waals surface area (Å²) in [6.07, 6.45) is 1.91. The molecular formula is C17H20N4O3S. The zero-order chi connectivity index (χ0) is 18.0. The SMILES string of the molecule is CCc1noc2ncc(S(=O)(=O)NCc3ccc(C(C)N)cc3)cc12. The summed E-state index contributed by atoms with van der Waals surface area (Å²) in [6.45, 7) is 4.00. The Morgan fingerprint density at radius 1 is 1.28 bits per heavy atom. The molecule has 3 rings (SSSR count). The predicted octanol–water partition coefficient (Wildman–Crippen LogP) is 2.28. The van der Waals surface area contributed by atoms with Crippen molar-refractivity contribution in [2.75, 3.05) is 0 Å². The van der Waals surface area contributed by atoms with Crippen LogP contribution in [0, 0.1) is 0 Å². The van der Waals surface area contributed by atoms with Crippen molar-refractivity contribution in [3.8, 4) is 0 Å². The Morgan fingerprint density at radius 3 is 2.64 bits per heavy atom. The van der Waals surface area contributed by atoms with Crippen LogP contribution >= 0.6 is 0 Å². The van der Waals surface area contributed by atoms with Gasteiger partial charge in [-0.25, -0.2) is 18.1 Å². The lowest BCUT2D eigenvalue weighted by molar-refractivity contribution is 0.439. The fourth-order valence-corrected chi connectivity index (χ4v) is 3.45. The zero-order valence-electron chi connectivity index (χ0n) is 14.1. The summed E-state index contributed by atoms with van der Waals surface area (Å²) in [7, 11) is -3.69. The molecule has 0 amide bonds. The molecule has 3 N–H and O–H groups in total. The van der Waals surface area contributed by atoms with Gasteiger partial charge < -0.3 is 10.3 Å². The minimum absolute atomic E-state index is 0.0557. The maximum absolute atomic E-state index is 12.5. The van der Waals surface area contributed by atoms with Gasteiger partial charge in [0.05, 0.1) is 17.3 Å². The summed E-state index contributed by atoms with van der Waals surface area (Å²) < 4.78 is 32.7. The zero-order valence-corrected chi connectivity index (χ0v) is 14.9. The lowest BCUT2D eigenvalue weighted by Gasteiger charge is -2.09. The Morgan fingerprint density at radius 2 is 2.00 bits per heavy atom. The number of benzene rings is 1. The average Bonchev–Trinajstić information content (AvgIpc) is 3.02. The van der Waals surface area contributed by atoms with Crippen LogP contribution in [0.4, 0.5) is 0 Å². The molecule has 1 atom stereocenters. The quantitative estimate of drug-likeness (QED) is 0.697. The number of hydrogen-bond donors (Lipinski definition) is 2. The number of nitrogens with two attached hydrogens (primary N) is 1. The Balaban J connectivity index is 1.79. The predicted molar refractivity (Wildman–Crippen MR) is 94.3 cm³/mol. The molecule has 2 aromatic heterocycles. The molecule has 0 saturated carbocycles. The van der Waals surface area contributed by atoms with E-state index in [0.29, 0.717) is 23.2 Å². The van der Waals surface area contributed by atoms with Gasteiger partial charge in [0.2, 0.25) is 10.0 Å². The highest BCUT2D eigenvalue weighted by atomic mass is 32.2. The molecule has 0 bridgehead atoms. The van der Waals surface area contributed by atoms with Crippen LogP contribution in [0.15, 0.2) is 45.9 Å². The molecule has 3 aromatic rings. The molecule has 8 heteroatoms. The standard InChI is InChI=1S/C17H20N4O3S/c1-3-16-15-8-14(10-19-17(15)24-21-16)25(22,23)20-9-12-4-6-13(7-5-12)11(2)18/h4-8,10-11,20H,3,9,18H2,1-2H3. The van der Waals surface area contributed by atoms with Crippen LogP contribution in [0.5, 0.6) is 0 Å². The van der Waals surface area contributed by atoms with Crippen LogP contribution in [-0.2, 0) is 23.0 Å². The van der Waals surface area contributed by atoms with E-state index in [1.165, 1.54) is 6.20 Å². The maximum Gasteiger partial charge on any atom is 0.258 e. The molecule has 1 unspecified atom stereocenters. The van der Waals surface area contributed by atoms with Crippen molar-refractivity contribution >= 4 is 21.1 Å². The highest BCUT2D eigenvalue weighted by molar-refractivity contribution is 7.89. The van der Waals surface area contributed by atoms with E-state index in [2.05, 4.69) is 14.9 Å². The number of aryl methyl sites for hydroxylation is 1. The number of fused-ring (bicyclic) bond motifs is 1. The fraction of sp³-hybridized carbons (Fsp3) is 0.294. The molecule has 2 heterocycles. The summed E-state index contributed by atoms with van der Waals surface area (Å²) in [4.78, 5) is 4.13. The second-order valence-electron chi connectivity index (χ2n) is 5.86. The van der Waals surface area contributed by atoms with Crippen LogP contribution in [0.1, 0.15) is 36.7 Å². The Hall–Kier alpha value is -2.29. The van der Waals surface area contributed by atoms with Gasteiger partial charge in [0.15, 0.2) is 0 Å². The van der Waals surface area contributed by atoms with Crippen molar-refractivity contribution in [1.29, 1.82) is 0 Å². The molecule has 132 valence electrons. The summed E-state index contributed by atoms with van der Waals surface area (Å²) >= 11 is 0. The van der Waals surface area contributed by atoms with Crippen molar-refractivity contribution in [3.05, 3.63) is 53.3 Å². The van der Waals surface area contributed by atoms with E-state index in [0.717, 1.165) is 11.1 Å². The monoisotopic (exact) mass is 360 g/mol. The van der Waals surface area contributed by atoms with Crippen LogP contribution in [-0.4, -0.2) is 18.6 Å². The number of nitrogens with one attached hydrogen (secondary N) is 1. The summed E-state index contributed by atoms with van der Waals surface area (Å²) in [5, 5.41) is 4.51. The number of sulfonamides is 1. The Bertz CT molecular complexity index is 979. The number of aromatic nitrogens is 2. The molecule has 0 saturated heterocycles. The van der Waals surface area contributed by atoms with Gasteiger partial charge in [-0.1, -0.05) is 36.3 Å². The number of rotatable bonds is 6. The van der Waals surface area contributed by atoms with Crippen molar-refractivity contribution in [2.24, 2.45) is 5.73 Å². The first-order valence-corrected chi connectivity index (χ1v) is 9.47. The van der Waals surface area contributed by atoms with E-state index in [1.807, 2.05) is 38.1 Å². The summed E-state index contributed by atoms with van der Waals surface area (Å²) in [5.41, 5.74) is 8.68. The normalized spacial score (nSPS) is 13.2. The molecule has 0 aliphatic rings. The van der Waals surface area contributed by atoms with Gasteiger partial charge in [0.25, 0.3) is 5.71 Å². The molecule has 0 fully saturated rings. The number of nitrogens with zero attached hydrogens (tertiary/aromatic N) is 2. The summed E-state index contributed by atoms with van der Waals surface area (Å²) in [6, 6.07) is 8.99. The van der Waals surface area contributed by atoms with Gasteiger partial charge in [-0.15, -0.1) is 0 Å². The fourth-order valence-electron chi connectivity index (χ4n) is 2.46. The third kappa shape index (κ3) is 3.71. The minimum atomic E-state index is -3.69. The molecule has 7 nitrogen and oxygen atoms in total. The van der Waals surface area contributed by atoms with Gasteiger partial charge in [-0.2, -0.15) is 0 Å². The van der Waals surface area contributed by atoms with Crippen LogP contribution in [0.25, 0.3) is 11.1 Å². The molecule has 0 aliphatic heterocycles. The van der Waals surface area contributed by atoms with Crippen LogP contribution in [0.2, 0.25) is 0 Å². The van der Waals surface area contributed by atoms with Crippen molar-refractivity contribution in [2.45, 2.75) is 37.8 Å². The van der Waals surface area contributed by atoms with E-state index in [1.54, 1.807) is 6.07 Å². The number of hydrogen-bond acceptors (Lipinski definition) is 6. The van der Waals surface area contributed by atoms with Crippen molar-refractivity contribution in [1.82, 2.24) is 14.9 Å². The lowest BCUT2D eigenvalue weighted by atomic mass is 10.1. The largest absolute Gasteiger partial charge is 0.336 e. The van der Waals surface area contributed by atoms with E-state index < -0.39 is 10.0 Å². The molecule has 0 spiro atoms. The topological polar surface area (TPSA) is 111 Å². The second kappa shape index (κ2) is 6.91. The van der Waals surface area contributed by atoms with Crippen molar-refractivity contribution in [3.63, 3.8) is 0 Å². The van der Waals surface area contributed by atoms with E-state index >= 15 is 0 Å². The van der Waals surface area contributed by atoms with E-state index in [-0.39, 0.29) is 17.5 Å². The Kier molecular flexibility index (Phi) is 4.85. The highest BCUT2D eigenvalue weighted by Gasteiger charge is 2.18. The molecule has 0 aliphatic carbocycles. The van der Waals surface area contributed by atoms with Crippen LogP contribution < -0.4 is 10.5 Å². The third-order valence-corrected chi connectivity index (χ3v) is 5.36. The smallest absolute Gasteiger partial charge is 0.258 e. The molecular weight excluding hydrogens is 340 g/mol. The van der Waals surface area contributed by atoms with Gasteiger partial charge in [0, 0.05) is 12.6 Å². The van der Waals surface area contributed by atoms with Crippen molar-refractivity contribution < 1.29 is 12.9 Å².